The summed E-state index contributed by atoms with van der Waals surface area (Å²) in [5, 5.41) is 9.01. The minimum Gasteiger partial charge on any atom is -0.305 e. The molecule has 8 heteroatoms. The molecule has 0 aliphatic rings. The van der Waals surface area contributed by atoms with Crippen molar-refractivity contribution in [1.82, 2.24) is 25.6 Å². The van der Waals surface area contributed by atoms with E-state index in [1.54, 1.807) is 24.3 Å². The first-order chi connectivity index (χ1) is 13.1. The van der Waals surface area contributed by atoms with Gasteiger partial charge in [0.2, 0.25) is 5.91 Å². The highest BCUT2D eigenvalue weighted by Gasteiger charge is 2.14. The molecule has 0 saturated carbocycles. The largest absolute Gasteiger partial charge is 0.305 e. The van der Waals surface area contributed by atoms with E-state index in [0.717, 1.165) is 17.0 Å². The van der Waals surface area contributed by atoms with Crippen LogP contribution in [0.4, 0.5) is 0 Å². The predicted octanol–water partition coefficient (Wildman–Crippen LogP) is 2.34. The third-order valence-electron chi connectivity index (χ3n) is 3.90. The van der Waals surface area contributed by atoms with Crippen LogP contribution in [0.15, 0.2) is 59.8 Å². The summed E-state index contributed by atoms with van der Waals surface area (Å²) in [4.78, 5) is 23.9. The van der Waals surface area contributed by atoms with Crippen molar-refractivity contribution in [3.8, 4) is 11.4 Å². The maximum atomic E-state index is 12.0. The van der Waals surface area contributed by atoms with Gasteiger partial charge in [0.05, 0.1) is 5.75 Å². The molecule has 0 fully saturated rings. The minimum atomic E-state index is -0.366. The van der Waals surface area contributed by atoms with Gasteiger partial charge in [-0.15, -0.1) is 10.2 Å². The highest BCUT2D eigenvalue weighted by Crippen LogP contribution is 2.24. The fraction of sp³-hybridized carbons (Fsp3) is 0.158. The molecule has 0 radical (unpaired) electrons. The molecule has 1 heterocycles. The monoisotopic (exact) mass is 381 g/mol. The topological polar surface area (TPSA) is 88.9 Å². The van der Waals surface area contributed by atoms with E-state index in [1.165, 1.54) is 11.8 Å². The number of rotatable bonds is 5. The van der Waals surface area contributed by atoms with Gasteiger partial charge in [-0.05, 0) is 24.6 Å². The summed E-state index contributed by atoms with van der Waals surface area (Å²) in [6.45, 7) is 2.01. The number of aryl methyl sites for hydroxylation is 1. The zero-order chi connectivity index (χ0) is 19.2. The number of aromatic nitrogens is 3. The number of hydrogen-bond donors (Lipinski definition) is 2. The van der Waals surface area contributed by atoms with Crippen LogP contribution in [-0.4, -0.2) is 32.3 Å². The van der Waals surface area contributed by atoms with E-state index < -0.39 is 0 Å². The van der Waals surface area contributed by atoms with E-state index in [0.29, 0.717) is 10.7 Å². The van der Waals surface area contributed by atoms with E-state index in [4.69, 9.17) is 0 Å². The third kappa shape index (κ3) is 4.53. The van der Waals surface area contributed by atoms with Crippen molar-refractivity contribution in [3.63, 3.8) is 0 Å². The van der Waals surface area contributed by atoms with E-state index in [1.807, 2.05) is 48.9 Å². The molecule has 27 heavy (non-hydrogen) atoms. The van der Waals surface area contributed by atoms with Crippen molar-refractivity contribution >= 4 is 23.6 Å². The zero-order valence-electron chi connectivity index (χ0n) is 15.0. The van der Waals surface area contributed by atoms with Crippen LogP contribution in [0, 0.1) is 6.92 Å². The third-order valence-corrected chi connectivity index (χ3v) is 4.92. The average molecular weight is 381 g/mol. The number of amides is 2. The number of nitrogens with zero attached hydrogens (tertiary/aromatic N) is 3. The molecule has 0 aliphatic heterocycles. The number of hydrogen-bond acceptors (Lipinski definition) is 5. The molecule has 7 nitrogen and oxygen atoms in total. The van der Waals surface area contributed by atoms with E-state index in [-0.39, 0.29) is 17.6 Å². The molecule has 3 aromatic rings. The minimum absolute atomic E-state index is 0.106. The molecule has 2 N–H and O–H groups in total. The molecular formula is C19H19N5O2S. The summed E-state index contributed by atoms with van der Waals surface area (Å²) < 4.78 is 1.85. The first-order valence-electron chi connectivity index (χ1n) is 8.28. The van der Waals surface area contributed by atoms with Gasteiger partial charge in [0.1, 0.15) is 0 Å². The fourth-order valence-electron chi connectivity index (χ4n) is 2.45. The highest BCUT2D eigenvalue weighted by molar-refractivity contribution is 7.99. The number of thioether (sulfide) groups is 1. The predicted molar refractivity (Wildman–Crippen MR) is 104 cm³/mol. The summed E-state index contributed by atoms with van der Waals surface area (Å²) in [6, 6.07) is 16.6. The van der Waals surface area contributed by atoms with Crippen molar-refractivity contribution in [2.24, 2.45) is 7.05 Å². The molecule has 2 aromatic carbocycles. The van der Waals surface area contributed by atoms with Gasteiger partial charge in [-0.2, -0.15) is 0 Å². The molecule has 0 unspecified atom stereocenters. The van der Waals surface area contributed by atoms with Crippen LogP contribution >= 0.6 is 11.8 Å². The van der Waals surface area contributed by atoms with E-state index in [9.17, 15) is 9.59 Å². The average Bonchev–Trinajstić information content (AvgIpc) is 3.06. The summed E-state index contributed by atoms with van der Waals surface area (Å²) in [5.41, 5.74) is 7.37. The van der Waals surface area contributed by atoms with Crippen molar-refractivity contribution < 1.29 is 9.59 Å². The molecule has 0 aliphatic carbocycles. The molecular weight excluding hydrogens is 362 g/mol. The lowest BCUT2D eigenvalue weighted by Gasteiger charge is -2.08. The fourth-order valence-corrected chi connectivity index (χ4v) is 3.16. The number of carbonyl (C=O) groups excluding carboxylic acids is 2. The second-order valence-electron chi connectivity index (χ2n) is 5.84. The van der Waals surface area contributed by atoms with Crippen LogP contribution in [-0.2, 0) is 11.8 Å². The summed E-state index contributed by atoms with van der Waals surface area (Å²) >= 11 is 1.25. The van der Waals surface area contributed by atoms with E-state index >= 15 is 0 Å². The van der Waals surface area contributed by atoms with Crippen LogP contribution in [0.5, 0.6) is 0 Å². The van der Waals surface area contributed by atoms with Crippen LogP contribution in [0.25, 0.3) is 11.4 Å². The van der Waals surface area contributed by atoms with Crippen molar-refractivity contribution in [3.05, 3.63) is 65.7 Å². The Morgan fingerprint density at radius 1 is 1.00 bits per heavy atom. The van der Waals surface area contributed by atoms with E-state index in [2.05, 4.69) is 21.0 Å². The Kier molecular flexibility index (Phi) is 5.87. The van der Waals surface area contributed by atoms with Gasteiger partial charge in [0.25, 0.3) is 5.91 Å². The van der Waals surface area contributed by atoms with Gasteiger partial charge in [0.15, 0.2) is 11.0 Å². The van der Waals surface area contributed by atoms with Gasteiger partial charge in [-0.1, -0.05) is 54.2 Å². The maximum Gasteiger partial charge on any atom is 0.269 e. The van der Waals surface area contributed by atoms with Gasteiger partial charge in [-0.25, -0.2) is 0 Å². The van der Waals surface area contributed by atoms with Crippen LogP contribution in [0.2, 0.25) is 0 Å². The zero-order valence-corrected chi connectivity index (χ0v) is 15.8. The van der Waals surface area contributed by atoms with Gasteiger partial charge in [-0.3, -0.25) is 20.4 Å². The van der Waals surface area contributed by atoms with Crippen LogP contribution in [0.3, 0.4) is 0 Å². The van der Waals surface area contributed by atoms with Crippen LogP contribution < -0.4 is 10.9 Å². The Morgan fingerprint density at radius 3 is 2.44 bits per heavy atom. The lowest BCUT2D eigenvalue weighted by molar-refractivity contribution is -0.119. The smallest absolute Gasteiger partial charge is 0.269 e. The molecule has 138 valence electrons. The Balaban J connectivity index is 1.55. The second-order valence-corrected chi connectivity index (χ2v) is 6.78. The molecule has 0 atom stereocenters. The second kappa shape index (κ2) is 8.50. The maximum absolute atomic E-state index is 12.0. The molecule has 0 bridgehead atoms. The Labute approximate surface area is 161 Å². The molecule has 0 saturated heterocycles. The standard InChI is InChI=1S/C19H19N5O2S/c1-13-8-6-7-11-15(13)17-21-23-19(24(17)2)27-12-16(25)20-22-18(26)14-9-4-3-5-10-14/h3-11H,12H2,1-2H3,(H,20,25)(H,22,26). The quantitative estimate of drug-likeness (QED) is 0.523. The van der Waals surface area contributed by atoms with Crippen molar-refractivity contribution in [1.29, 1.82) is 0 Å². The van der Waals surface area contributed by atoms with Crippen LogP contribution in [0.1, 0.15) is 15.9 Å². The Morgan fingerprint density at radius 2 is 1.70 bits per heavy atom. The summed E-state index contributed by atoms with van der Waals surface area (Å²) in [6.07, 6.45) is 0. The number of nitrogens with one attached hydrogen (secondary N) is 2. The summed E-state index contributed by atoms with van der Waals surface area (Å²) in [5.74, 6) is 0.155. The first-order valence-corrected chi connectivity index (χ1v) is 9.27. The van der Waals surface area contributed by atoms with Gasteiger partial charge >= 0.3 is 0 Å². The van der Waals surface area contributed by atoms with Gasteiger partial charge < -0.3 is 4.57 Å². The lowest BCUT2D eigenvalue weighted by atomic mass is 10.1. The van der Waals surface area contributed by atoms with Gasteiger partial charge in [0, 0.05) is 18.2 Å². The molecule has 3 rings (SSSR count). The normalized spacial score (nSPS) is 10.4. The Hall–Kier alpha value is -3.13. The summed E-state index contributed by atoms with van der Waals surface area (Å²) in [7, 11) is 1.86. The lowest BCUT2D eigenvalue weighted by Crippen LogP contribution is -2.42. The molecule has 1 aromatic heterocycles. The highest BCUT2D eigenvalue weighted by atomic mass is 32.2. The number of benzene rings is 2. The molecule has 0 spiro atoms. The van der Waals surface area contributed by atoms with Crippen molar-refractivity contribution in [2.45, 2.75) is 12.1 Å². The molecule has 2 amide bonds. The van der Waals surface area contributed by atoms with Crippen molar-refractivity contribution in [2.75, 3.05) is 5.75 Å². The Bertz CT molecular complexity index is 956. The number of carbonyl (C=O) groups is 2. The number of hydrazine groups is 1. The SMILES string of the molecule is Cc1ccccc1-c1nnc(SCC(=O)NNC(=O)c2ccccc2)n1C. The first kappa shape index (κ1) is 18.7.